The van der Waals surface area contributed by atoms with E-state index >= 15 is 0 Å². The van der Waals surface area contributed by atoms with Crippen LogP contribution in [-0.2, 0) is 4.74 Å². The summed E-state index contributed by atoms with van der Waals surface area (Å²) in [6.07, 6.45) is 3.22. The summed E-state index contributed by atoms with van der Waals surface area (Å²) < 4.78 is 5.45. The second-order valence-corrected chi connectivity index (χ2v) is 7.39. The van der Waals surface area contributed by atoms with Crippen LogP contribution in [-0.4, -0.2) is 44.9 Å². The van der Waals surface area contributed by atoms with E-state index in [9.17, 15) is 4.79 Å². The molecule has 2 rings (SSSR count). The molecule has 0 radical (unpaired) electrons. The second kappa shape index (κ2) is 6.83. The first-order valence-corrected chi connectivity index (χ1v) is 8.31. The molecule has 1 fully saturated rings. The molecule has 1 aliphatic heterocycles. The Kier molecular flexibility index (Phi) is 5.32. The summed E-state index contributed by atoms with van der Waals surface area (Å²) in [6, 6.07) is 1.91. The van der Waals surface area contributed by atoms with E-state index in [1.54, 1.807) is 17.8 Å². The molecule has 0 bridgehead atoms. The third-order valence-electron chi connectivity index (χ3n) is 3.04. The van der Waals surface area contributed by atoms with Gasteiger partial charge in [-0.1, -0.05) is 11.6 Å². The minimum Gasteiger partial charge on any atom is -0.444 e. The quantitative estimate of drug-likeness (QED) is 0.626. The summed E-state index contributed by atoms with van der Waals surface area (Å²) in [5.74, 6) is 0.784. The molecule has 21 heavy (non-hydrogen) atoms. The largest absolute Gasteiger partial charge is 0.444 e. The summed E-state index contributed by atoms with van der Waals surface area (Å²) in [6.45, 7) is 6.40. The number of hydrogen-bond donors (Lipinski definition) is 0. The third-order valence-corrected chi connectivity index (χ3v) is 4.31. The minimum atomic E-state index is -0.461. The summed E-state index contributed by atoms with van der Waals surface area (Å²) in [5, 5.41) is 1.26. The molecule has 7 heteroatoms. The topological polar surface area (TPSA) is 55.3 Å². The fourth-order valence-corrected chi connectivity index (χ4v) is 3.39. The molecule has 0 unspecified atom stereocenters. The number of carbonyl (C=O) groups is 1. The molecule has 0 aliphatic carbocycles. The highest BCUT2D eigenvalue weighted by atomic mass is 35.5. The molecular weight excluding hydrogens is 310 g/mol. The van der Waals surface area contributed by atoms with Gasteiger partial charge >= 0.3 is 6.09 Å². The molecule has 0 saturated carbocycles. The first kappa shape index (κ1) is 16.4. The first-order valence-electron chi connectivity index (χ1n) is 6.95. The SMILES string of the molecule is CC(C)(C)OC(=O)N1CCC[C@@H]1CSc1cc(Cl)ncn1. The van der Waals surface area contributed by atoms with Crippen molar-refractivity contribution in [2.75, 3.05) is 12.3 Å². The molecule has 1 atom stereocenters. The number of thioether (sulfide) groups is 1. The monoisotopic (exact) mass is 329 g/mol. The van der Waals surface area contributed by atoms with Gasteiger partial charge in [0.15, 0.2) is 0 Å². The van der Waals surface area contributed by atoms with E-state index in [2.05, 4.69) is 9.97 Å². The number of ether oxygens (including phenoxy) is 1. The summed E-state index contributed by atoms with van der Waals surface area (Å²) >= 11 is 7.43. The van der Waals surface area contributed by atoms with Gasteiger partial charge in [-0.15, -0.1) is 11.8 Å². The van der Waals surface area contributed by atoms with Crippen LogP contribution in [0.25, 0.3) is 0 Å². The van der Waals surface area contributed by atoms with Gasteiger partial charge in [-0.05, 0) is 33.6 Å². The predicted octanol–water partition coefficient (Wildman–Crippen LogP) is 3.62. The molecule has 1 amide bonds. The Morgan fingerprint density at radius 1 is 1.52 bits per heavy atom. The van der Waals surface area contributed by atoms with Crippen LogP contribution in [0.1, 0.15) is 33.6 Å². The van der Waals surface area contributed by atoms with Gasteiger partial charge in [0.1, 0.15) is 22.1 Å². The van der Waals surface area contributed by atoms with Crippen molar-refractivity contribution < 1.29 is 9.53 Å². The smallest absolute Gasteiger partial charge is 0.410 e. The van der Waals surface area contributed by atoms with Gasteiger partial charge in [0.2, 0.25) is 0 Å². The standard InChI is InChI=1S/C14H20ClN3O2S/c1-14(2,3)20-13(19)18-6-4-5-10(18)8-21-12-7-11(15)16-9-17-12/h7,9-10H,4-6,8H2,1-3H3/t10-/m1/s1. The van der Waals surface area contributed by atoms with Gasteiger partial charge in [-0.2, -0.15) is 0 Å². The van der Waals surface area contributed by atoms with Crippen molar-refractivity contribution in [1.29, 1.82) is 0 Å². The van der Waals surface area contributed by atoms with Gasteiger partial charge in [0.05, 0.1) is 0 Å². The van der Waals surface area contributed by atoms with Gasteiger partial charge in [0, 0.05) is 24.4 Å². The van der Waals surface area contributed by atoms with E-state index in [0.29, 0.717) is 5.15 Å². The first-order chi connectivity index (χ1) is 9.85. The van der Waals surface area contributed by atoms with Crippen LogP contribution in [0, 0.1) is 0 Å². The van der Waals surface area contributed by atoms with Crippen molar-refractivity contribution in [2.24, 2.45) is 0 Å². The van der Waals surface area contributed by atoms with Crippen molar-refractivity contribution in [3.8, 4) is 0 Å². The van der Waals surface area contributed by atoms with Crippen LogP contribution in [0.4, 0.5) is 4.79 Å². The zero-order valence-corrected chi connectivity index (χ0v) is 14.1. The number of amides is 1. The molecule has 5 nitrogen and oxygen atoms in total. The van der Waals surface area contributed by atoms with Gasteiger partial charge < -0.3 is 9.64 Å². The van der Waals surface area contributed by atoms with Crippen LogP contribution < -0.4 is 0 Å². The van der Waals surface area contributed by atoms with Crippen LogP contribution in [0.3, 0.4) is 0 Å². The molecule has 1 aromatic rings. The maximum Gasteiger partial charge on any atom is 0.410 e. The molecule has 0 aromatic carbocycles. The average molecular weight is 330 g/mol. The van der Waals surface area contributed by atoms with E-state index in [1.165, 1.54) is 6.33 Å². The molecule has 1 aromatic heterocycles. The predicted molar refractivity (Wildman–Crippen MR) is 83.7 cm³/mol. The van der Waals surface area contributed by atoms with Crippen LogP contribution >= 0.6 is 23.4 Å². The lowest BCUT2D eigenvalue weighted by Gasteiger charge is -2.28. The lowest BCUT2D eigenvalue weighted by Crippen LogP contribution is -2.40. The maximum atomic E-state index is 12.2. The third kappa shape index (κ3) is 5.04. The van der Waals surface area contributed by atoms with E-state index in [1.807, 2.05) is 25.7 Å². The molecule has 2 heterocycles. The van der Waals surface area contributed by atoms with Gasteiger partial charge in [0.25, 0.3) is 0 Å². The van der Waals surface area contributed by atoms with E-state index < -0.39 is 5.60 Å². The van der Waals surface area contributed by atoms with Crippen molar-refractivity contribution in [3.63, 3.8) is 0 Å². The number of likely N-dealkylation sites (tertiary alicyclic amines) is 1. The molecule has 0 N–H and O–H groups in total. The number of hydrogen-bond acceptors (Lipinski definition) is 5. The summed E-state index contributed by atoms with van der Waals surface area (Å²) in [4.78, 5) is 22.0. The summed E-state index contributed by atoms with van der Waals surface area (Å²) in [7, 11) is 0. The Morgan fingerprint density at radius 2 is 2.29 bits per heavy atom. The molecule has 1 aliphatic rings. The number of nitrogens with zero attached hydrogens (tertiary/aromatic N) is 3. The van der Waals surface area contributed by atoms with Gasteiger partial charge in [-0.25, -0.2) is 14.8 Å². The second-order valence-electron chi connectivity index (χ2n) is 5.96. The number of rotatable bonds is 3. The van der Waals surface area contributed by atoms with E-state index in [0.717, 1.165) is 30.2 Å². The Morgan fingerprint density at radius 3 is 2.95 bits per heavy atom. The zero-order chi connectivity index (χ0) is 15.5. The number of halogens is 1. The van der Waals surface area contributed by atoms with Crippen molar-refractivity contribution in [1.82, 2.24) is 14.9 Å². The summed E-state index contributed by atoms with van der Waals surface area (Å²) in [5.41, 5.74) is -0.461. The lowest BCUT2D eigenvalue weighted by atomic mass is 10.2. The van der Waals surface area contributed by atoms with Gasteiger partial charge in [-0.3, -0.25) is 0 Å². The number of aromatic nitrogens is 2. The van der Waals surface area contributed by atoms with Crippen molar-refractivity contribution in [2.45, 2.75) is 50.3 Å². The van der Waals surface area contributed by atoms with E-state index in [-0.39, 0.29) is 12.1 Å². The fraction of sp³-hybridized carbons (Fsp3) is 0.643. The highest BCUT2D eigenvalue weighted by Crippen LogP contribution is 2.26. The molecule has 0 spiro atoms. The Labute approximate surface area is 134 Å². The number of carbonyl (C=O) groups excluding carboxylic acids is 1. The van der Waals surface area contributed by atoms with Crippen LogP contribution in [0.15, 0.2) is 17.4 Å². The minimum absolute atomic E-state index is 0.179. The Bertz CT molecular complexity index is 507. The van der Waals surface area contributed by atoms with Crippen molar-refractivity contribution in [3.05, 3.63) is 17.5 Å². The molecule has 116 valence electrons. The molecular formula is C14H20ClN3O2S. The van der Waals surface area contributed by atoms with Crippen LogP contribution in [0.2, 0.25) is 5.15 Å². The lowest BCUT2D eigenvalue weighted by molar-refractivity contribution is 0.0242. The Balaban J connectivity index is 1.91. The fourth-order valence-electron chi connectivity index (χ4n) is 2.15. The normalized spacial score (nSPS) is 18.9. The zero-order valence-electron chi connectivity index (χ0n) is 12.5. The van der Waals surface area contributed by atoms with E-state index in [4.69, 9.17) is 16.3 Å². The average Bonchev–Trinajstić information content (AvgIpc) is 2.83. The van der Waals surface area contributed by atoms with Crippen molar-refractivity contribution >= 4 is 29.5 Å². The highest BCUT2D eigenvalue weighted by molar-refractivity contribution is 7.99. The maximum absolute atomic E-state index is 12.2. The Hall–Kier alpha value is -1.01. The molecule has 1 saturated heterocycles. The highest BCUT2D eigenvalue weighted by Gasteiger charge is 2.32. The van der Waals surface area contributed by atoms with Crippen LogP contribution in [0.5, 0.6) is 0 Å².